The van der Waals surface area contributed by atoms with Gasteiger partial charge < -0.3 is 20.7 Å². The van der Waals surface area contributed by atoms with Crippen LogP contribution in [0, 0.1) is 6.92 Å². The lowest BCUT2D eigenvalue weighted by molar-refractivity contribution is 0.102. The summed E-state index contributed by atoms with van der Waals surface area (Å²) in [7, 11) is 0. The first kappa shape index (κ1) is 21.8. The van der Waals surface area contributed by atoms with Crippen molar-refractivity contribution in [2.75, 3.05) is 22.6 Å². The van der Waals surface area contributed by atoms with Gasteiger partial charge in [-0.1, -0.05) is 6.07 Å². The number of anilines is 5. The standard InChI is InChI=1S/C25H24N6O2/c1-3-33-21-13-7-18(8-14-21)25(32)30-20-11-9-19(10-12-20)29-23-16-24(28-17(2)27-23)31-22-6-4-5-15-26-22/h4-16H,3H2,1-2H3,(H,30,32)(H2,26,27,28,29,31). The van der Waals surface area contributed by atoms with Gasteiger partial charge in [-0.15, -0.1) is 0 Å². The van der Waals surface area contributed by atoms with Crippen molar-refractivity contribution in [3.8, 4) is 5.75 Å². The molecule has 0 fully saturated rings. The normalized spacial score (nSPS) is 10.4. The highest BCUT2D eigenvalue weighted by atomic mass is 16.5. The van der Waals surface area contributed by atoms with Crippen LogP contribution >= 0.6 is 0 Å². The fourth-order valence-electron chi connectivity index (χ4n) is 3.12. The third kappa shape index (κ3) is 6.04. The first-order valence-electron chi connectivity index (χ1n) is 10.5. The number of carbonyl (C=O) groups is 1. The van der Waals surface area contributed by atoms with Crippen molar-refractivity contribution in [3.63, 3.8) is 0 Å². The quantitative estimate of drug-likeness (QED) is 0.341. The average molecular weight is 441 g/mol. The molecule has 0 aliphatic rings. The zero-order valence-electron chi connectivity index (χ0n) is 18.4. The highest BCUT2D eigenvalue weighted by Gasteiger charge is 2.07. The summed E-state index contributed by atoms with van der Waals surface area (Å²) in [6, 6.07) is 21.9. The number of carbonyl (C=O) groups excluding carboxylic acids is 1. The molecule has 0 bridgehead atoms. The average Bonchev–Trinajstić information content (AvgIpc) is 2.81. The van der Waals surface area contributed by atoms with Crippen LogP contribution in [0.1, 0.15) is 23.1 Å². The van der Waals surface area contributed by atoms with Gasteiger partial charge in [0.05, 0.1) is 6.61 Å². The van der Waals surface area contributed by atoms with Gasteiger partial charge in [0.1, 0.15) is 29.0 Å². The van der Waals surface area contributed by atoms with Crippen molar-refractivity contribution in [2.24, 2.45) is 0 Å². The summed E-state index contributed by atoms with van der Waals surface area (Å²) in [6.07, 6.45) is 1.71. The summed E-state index contributed by atoms with van der Waals surface area (Å²) in [5, 5.41) is 9.33. The molecule has 0 radical (unpaired) electrons. The van der Waals surface area contributed by atoms with Crippen molar-refractivity contribution in [3.05, 3.63) is 90.4 Å². The topological polar surface area (TPSA) is 101 Å². The van der Waals surface area contributed by atoms with Crippen LogP contribution in [0.3, 0.4) is 0 Å². The van der Waals surface area contributed by atoms with Gasteiger partial charge in [0, 0.05) is 29.2 Å². The van der Waals surface area contributed by atoms with Crippen molar-refractivity contribution >= 4 is 34.7 Å². The summed E-state index contributed by atoms with van der Waals surface area (Å²) < 4.78 is 5.41. The number of pyridine rings is 1. The highest BCUT2D eigenvalue weighted by Crippen LogP contribution is 2.21. The third-order valence-corrected chi connectivity index (χ3v) is 4.60. The Bertz CT molecular complexity index is 1210. The summed E-state index contributed by atoms with van der Waals surface area (Å²) in [4.78, 5) is 25.6. The number of nitrogens with one attached hydrogen (secondary N) is 3. The molecular formula is C25H24N6O2. The zero-order chi connectivity index (χ0) is 23.0. The SMILES string of the molecule is CCOc1ccc(C(=O)Nc2ccc(Nc3cc(Nc4ccccn4)nc(C)n3)cc2)cc1. The smallest absolute Gasteiger partial charge is 0.255 e. The number of nitrogens with zero attached hydrogens (tertiary/aromatic N) is 3. The predicted octanol–water partition coefficient (Wildman–Crippen LogP) is 5.32. The third-order valence-electron chi connectivity index (χ3n) is 4.60. The molecule has 2 aromatic heterocycles. The van der Waals surface area contributed by atoms with E-state index in [2.05, 4.69) is 30.9 Å². The monoisotopic (exact) mass is 440 g/mol. The molecule has 0 saturated carbocycles. The molecule has 0 atom stereocenters. The van der Waals surface area contributed by atoms with Gasteiger partial charge in [-0.05, 0) is 74.5 Å². The Labute approximate surface area is 192 Å². The van der Waals surface area contributed by atoms with Gasteiger partial charge in [0.15, 0.2) is 0 Å². The molecule has 4 aromatic rings. The minimum absolute atomic E-state index is 0.185. The summed E-state index contributed by atoms with van der Waals surface area (Å²) in [5.74, 6) is 3.17. The Balaban J connectivity index is 1.39. The lowest BCUT2D eigenvalue weighted by atomic mass is 10.2. The number of amides is 1. The second kappa shape index (κ2) is 10.2. The first-order chi connectivity index (χ1) is 16.1. The van der Waals surface area contributed by atoms with Crippen LogP contribution in [0.25, 0.3) is 0 Å². The van der Waals surface area contributed by atoms with E-state index in [1.54, 1.807) is 30.5 Å². The Morgan fingerprint density at radius 3 is 2.21 bits per heavy atom. The van der Waals surface area contributed by atoms with E-state index < -0.39 is 0 Å². The minimum Gasteiger partial charge on any atom is -0.494 e. The van der Waals surface area contributed by atoms with Crippen molar-refractivity contribution < 1.29 is 9.53 Å². The van der Waals surface area contributed by atoms with E-state index in [4.69, 9.17) is 4.74 Å². The van der Waals surface area contributed by atoms with Gasteiger partial charge in [-0.25, -0.2) is 15.0 Å². The molecule has 0 aliphatic heterocycles. The molecule has 166 valence electrons. The van der Waals surface area contributed by atoms with E-state index in [-0.39, 0.29) is 5.91 Å². The molecule has 2 aromatic carbocycles. The van der Waals surface area contributed by atoms with E-state index in [1.165, 1.54) is 0 Å². The molecule has 2 heterocycles. The molecule has 3 N–H and O–H groups in total. The van der Waals surface area contributed by atoms with Crippen LogP contribution in [0.15, 0.2) is 79.0 Å². The van der Waals surface area contributed by atoms with Crippen LogP contribution in [0.4, 0.5) is 28.8 Å². The second-order valence-electron chi connectivity index (χ2n) is 7.14. The van der Waals surface area contributed by atoms with Crippen molar-refractivity contribution in [2.45, 2.75) is 13.8 Å². The highest BCUT2D eigenvalue weighted by molar-refractivity contribution is 6.04. The van der Waals surface area contributed by atoms with Gasteiger partial charge >= 0.3 is 0 Å². The number of benzene rings is 2. The number of aryl methyl sites for hydroxylation is 1. The number of rotatable bonds is 8. The lowest BCUT2D eigenvalue weighted by Crippen LogP contribution is -2.11. The molecule has 0 spiro atoms. The molecule has 0 aliphatic carbocycles. The zero-order valence-corrected chi connectivity index (χ0v) is 18.4. The number of aromatic nitrogens is 3. The van der Waals surface area contributed by atoms with Gasteiger partial charge in [-0.2, -0.15) is 0 Å². The maximum absolute atomic E-state index is 12.5. The Morgan fingerprint density at radius 1 is 0.848 bits per heavy atom. The summed E-state index contributed by atoms with van der Waals surface area (Å²) >= 11 is 0. The van der Waals surface area contributed by atoms with Gasteiger partial charge in [0.2, 0.25) is 0 Å². The number of ether oxygens (including phenoxy) is 1. The van der Waals surface area contributed by atoms with E-state index >= 15 is 0 Å². The van der Waals surface area contributed by atoms with Crippen LogP contribution in [0.5, 0.6) is 5.75 Å². The Hall–Kier alpha value is -4.46. The fourth-order valence-corrected chi connectivity index (χ4v) is 3.12. The Kier molecular flexibility index (Phi) is 6.75. The molecule has 4 rings (SSSR count). The van der Waals surface area contributed by atoms with Crippen molar-refractivity contribution in [1.82, 2.24) is 15.0 Å². The molecule has 8 heteroatoms. The van der Waals surface area contributed by atoms with Crippen LogP contribution in [0.2, 0.25) is 0 Å². The molecule has 33 heavy (non-hydrogen) atoms. The Morgan fingerprint density at radius 2 is 1.55 bits per heavy atom. The number of hydrogen-bond acceptors (Lipinski definition) is 7. The van der Waals surface area contributed by atoms with Gasteiger partial charge in [0.25, 0.3) is 5.91 Å². The summed E-state index contributed by atoms with van der Waals surface area (Å²) in [6.45, 7) is 4.33. The molecule has 0 unspecified atom stereocenters. The molecule has 8 nitrogen and oxygen atoms in total. The number of hydrogen-bond donors (Lipinski definition) is 3. The van der Waals surface area contributed by atoms with Gasteiger partial charge in [-0.3, -0.25) is 4.79 Å². The second-order valence-corrected chi connectivity index (χ2v) is 7.14. The maximum Gasteiger partial charge on any atom is 0.255 e. The first-order valence-corrected chi connectivity index (χ1v) is 10.5. The fraction of sp³-hybridized carbons (Fsp3) is 0.120. The molecule has 1 amide bonds. The largest absolute Gasteiger partial charge is 0.494 e. The van der Waals surface area contributed by atoms with Crippen molar-refractivity contribution in [1.29, 1.82) is 0 Å². The summed E-state index contributed by atoms with van der Waals surface area (Å²) in [5.41, 5.74) is 2.08. The predicted molar refractivity (Wildman–Crippen MR) is 130 cm³/mol. The van der Waals surface area contributed by atoms with E-state index in [1.807, 2.05) is 62.4 Å². The van der Waals surface area contributed by atoms with Crippen LogP contribution in [-0.2, 0) is 0 Å². The van der Waals surface area contributed by atoms with E-state index in [0.29, 0.717) is 41.1 Å². The molecule has 0 saturated heterocycles. The maximum atomic E-state index is 12.5. The van der Waals surface area contributed by atoms with Crippen LogP contribution in [-0.4, -0.2) is 27.5 Å². The van der Waals surface area contributed by atoms with E-state index in [0.717, 1.165) is 11.4 Å². The lowest BCUT2D eigenvalue weighted by Gasteiger charge is -2.11. The molecular weight excluding hydrogens is 416 g/mol. The van der Waals surface area contributed by atoms with Crippen LogP contribution < -0.4 is 20.7 Å². The minimum atomic E-state index is -0.185. The van der Waals surface area contributed by atoms with E-state index in [9.17, 15) is 4.79 Å².